The largest absolute Gasteiger partial charge is 0.370 e. The summed E-state index contributed by atoms with van der Waals surface area (Å²) in [6, 6.07) is 5.92. The fourth-order valence-electron chi connectivity index (χ4n) is 1.68. The summed E-state index contributed by atoms with van der Waals surface area (Å²) in [5.74, 6) is 0.911. The normalized spacial score (nSPS) is 10.2. The van der Waals surface area contributed by atoms with Crippen molar-refractivity contribution < 1.29 is 0 Å². The fraction of sp³-hybridized carbons (Fsp3) is 0.308. The lowest BCUT2D eigenvalue weighted by atomic mass is 10.1. The van der Waals surface area contributed by atoms with Crippen LogP contribution in [0.15, 0.2) is 30.7 Å². The molecule has 2 aromatic rings. The average molecular weight is 228 g/mol. The maximum absolute atomic E-state index is 4.33. The van der Waals surface area contributed by atoms with Crippen molar-refractivity contribution in [1.82, 2.24) is 15.0 Å². The number of anilines is 1. The molecule has 0 amide bonds. The van der Waals surface area contributed by atoms with Crippen molar-refractivity contribution in [1.29, 1.82) is 0 Å². The van der Waals surface area contributed by atoms with Gasteiger partial charge in [0.2, 0.25) is 0 Å². The van der Waals surface area contributed by atoms with Crippen LogP contribution in [0.2, 0.25) is 0 Å². The van der Waals surface area contributed by atoms with E-state index in [0.717, 1.165) is 35.7 Å². The standard InChI is InChI=1S/C13H16N4/c1-3-14-13-10(2)12(16-9-17-13)8-11-6-4-5-7-15-11/h4-7,9H,3,8H2,1-2H3,(H,14,16,17). The molecule has 17 heavy (non-hydrogen) atoms. The third-order valence-corrected chi connectivity index (χ3v) is 2.61. The first kappa shape index (κ1) is 11.5. The highest BCUT2D eigenvalue weighted by molar-refractivity contribution is 5.45. The van der Waals surface area contributed by atoms with Crippen LogP contribution in [0, 0.1) is 6.92 Å². The molecule has 0 aliphatic rings. The summed E-state index contributed by atoms with van der Waals surface area (Å²) >= 11 is 0. The fourth-order valence-corrected chi connectivity index (χ4v) is 1.68. The Morgan fingerprint density at radius 2 is 2.06 bits per heavy atom. The summed E-state index contributed by atoms with van der Waals surface area (Å²) in [5, 5.41) is 3.23. The number of rotatable bonds is 4. The minimum atomic E-state index is 0.744. The van der Waals surface area contributed by atoms with E-state index in [-0.39, 0.29) is 0 Å². The van der Waals surface area contributed by atoms with Crippen LogP contribution >= 0.6 is 0 Å². The summed E-state index contributed by atoms with van der Waals surface area (Å²) in [6.45, 7) is 4.96. The first-order chi connectivity index (χ1) is 8.31. The Morgan fingerprint density at radius 1 is 1.18 bits per heavy atom. The van der Waals surface area contributed by atoms with E-state index in [9.17, 15) is 0 Å². The van der Waals surface area contributed by atoms with E-state index >= 15 is 0 Å². The third kappa shape index (κ3) is 2.78. The Labute approximate surface area is 101 Å². The number of hydrogen-bond acceptors (Lipinski definition) is 4. The van der Waals surface area contributed by atoms with Crippen LogP contribution in [-0.2, 0) is 6.42 Å². The minimum absolute atomic E-state index is 0.744. The zero-order chi connectivity index (χ0) is 12.1. The summed E-state index contributed by atoms with van der Waals surface area (Å²) in [7, 11) is 0. The first-order valence-electron chi connectivity index (χ1n) is 5.75. The molecule has 0 saturated heterocycles. The van der Waals surface area contributed by atoms with E-state index < -0.39 is 0 Å². The highest BCUT2D eigenvalue weighted by atomic mass is 15.0. The molecule has 4 nitrogen and oxygen atoms in total. The van der Waals surface area contributed by atoms with Gasteiger partial charge in [-0.2, -0.15) is 0 Å². The van der Waals surface area contributed by atoms with Gasteiger partial charge in [0, 0.05) is 30.4 Å². The quantitative estimate of drug-likeness (QED) is 0.871. The minimum Gasteiger partial charge on any atom is -0.370 e. The maximum atomic E-state index is 4.33. The van der Waals surface area contributed by atoms with Gasteiger partial charge in [-0.3, -0.25) is 4.98 Å². The monoisotopic (exact) mass is 228 g/mol. The third-order valence-electron chi connectivity index (χ3n) is 2.61. The molecule has 0 radical (unpaired) electrons. The molecule has 0 aromatic carbocycles. The Morgan fingerprint density at radius 3 is 2.76 bits per heavy atom. The van der Waals surface area contributed by atoms with Crippen LogP contribution in [-0.4, -0.2) is 21.5 Å². The Balaban J connectivity index is 2.24. The van der Waals surface area contributed by atoms with Crippen molar-refractivity contribution in [3.63, 3.8) is 0 Å². The lowest BCUT2D eigenvalue weighted by Gasteiger charge is -2.09. The van der Waals surface area contributed by atoms with Crippen molar-refractivity contribution in [3.8, 4) is 0 Å². The number of nitrogens with zero attached hydrogens (tertiary/aromatic N) is 3. The molecule has 88 valence electrons. The molecular formula is C13H16N4. The Bertz CT molecular complexity index is 482. The van der Waals surface area contributed by atoms with Crippen molar-refractivity contribution in [2.75, 3.05) is 11.9 Å². The van der Waals surface area contributed by atoms with Gasteiger partial charge in [0.1, 0.15) is 12.1 Å². The summed E-state index contributed by atoms with van der Waals surface area (Å²) in [4.78, 5) is 12.9. The van der Waals surface area contributed by atoms with E-state index in [1.54, 1.807) is 12.5 Å². The van der Waals surface area contributed by atoms with E-state index in [0.29, 0.717) is 0 Å². The highest BCUT2D eigenvalue weighted by Gasteiger charge is 2.07. The molecule has 0 spiro atoms. The molecule has 1 N–H and O–H groups in total. The number of pyridine rings is 1. The first-order valence-corrected chi connectivity index (χ1v) is 5.75. The van der Waals surface area contributed by atoms with E-state index in [1.807, 2.05) is 25.1 Å². The van der Waals surface area contributed by atoms with Crippen LogP contribution in [0.4, 0.5) is 5.82 Å². The van der Waals surface area contributed by atoms with Gasteiger partial charge < -0.3 is 5.32 Å². The lowest BCUT2D eigenvalue weighted by molar-refractivity contribution is 0.958. The second-order valence-corrected chi connectivity index (χ2v) is 3.82. The molecule has 2 aromatic heterocycles. The molecule has 2 rings (SSSR count). The molecule has 0 bridgehead atoms. The molecule has 0 atom stereocenters. The molecule has 0 fully saturated rings. The van der Waals surface area contributed by atoms with Crippen LogP contribution in [0.3, 0.4) is 0 Å². The molecular weight excluding hydrogens is 212 g/mol. The van der Waals surface area contributed by atoms with Crippen molar-refractivity contribution in [3.05, 3.63) is 47.7 Å². The number of aromatic nitrogens is 3. The van der Waals surface area contributed by atoms with E-state index in [4.69, 9.17) is 0 Å². The van der Waals surface area contributed by atoms with Gasteiger partial charge in [-0.15, -0.1) is 0 Å². The van der Waals surface area contributed by atoms with Gasteiger partial charge in [-0.25, -0.2) is 9.97 Å². The van der Waals surface area contributed by atoms with E-state index in [2.05, 4.69) is 27.2 Å². The molecule has 2 heterocycles. The van der Waals surface area contributed by atoms with Gasteiger partial charge in [-0.1, -0.05) is 6.07 Å². The predicted molar refractivity (Wildman–Crippen MR) is 68.0 cm³/mol. The van der Waals surface area contributed by atoms with E-state index in [1.165, 1.54) is 0 Å². The second kappa shape index (κ2) is 5.39. The van der Waals surface area contributed by atoms with Crippen LogP contribution in [0.25, 0.3) is 0 Å². The summed E-state index contributed by atoms with van der Waals surface area (Å²) in [5.41, 5.74) is 3.14. The average Bonchev–Trinajstić information content (AvgIpc) is 2.36. The second-order valence-electron chi connectivity index (χ2n) is 3.82. The summed E-state index contributed by atoms with van der Waals surface area (Å²) < 4.78 is 0. The van der Waals surface area contributed by atoms with Crippen molar-refractivity contribution in [2.45, 2.75) is 20.3 Å². The molecule has 4 heteroatoms. The Hall–Kier alpha value is -1.97. The number of hydrogen-bond donors (Lipinski definition) is 1. The van der Waals surface area contributed by atoms with Gasteiger partial charge in [0.05, 0.1) is 5.69 Å². The van der Waals surface area contributed by atoms with Gasteiger partial charge in [-0.05, 0) is 26.0 Å². The molecule has 0 aliphatic carbocycles. The van der Waals surface area contributed by atoms with Crippen LogP contribution in [0.1, 0.15) is 23.9 Å². The van der Waals surface area contributed by atoms with Gasteiger partial charge >= 0.3 is 0 Å². The van der Waals surface area contributed by atoms with Crippen LogP contribution in [0.5, 0.6) is 0 Å². The van der Waals surface area contributed by atoms with Gasteiger partial charge in [0.15, 0.2) is 0 Å². The topological polar surface area (TPSA) is 50.7 Å². The zero-order valence-corrected chi connectivity index (χ0v) is 10.1. The SMILES string of the molecule is CCNc1ncnc(Cc2ccccn2)c1C. The van der Waals surface area contributed by atoms with Crippen LogP contribution < -0.4 is 5.32 Å². The molecule has 0 unspecified atom stereocenters. The summed E-state index contributed by atoms with van der Waals surface area (Å²) in [6.07, 6.45) is 4.15. The van der Waals surface area contributed by atoms with Crippen molar-refractivity contribution in [2.24, 2.45) is 0 Å². The smallest absolute Gasteiger partial charge is 0.132 e. The Kier molecular flexibility index (Phi) is 3.65. The van der Waals surface area contributed by atoms with Crippen molar-refractivity contribution >= 4 is 5.82 Å². The number of nitrogens with one attached hydrogen (secondary N) is 1. The predicted octanol–water partition coefficient (Wildman–Crippen LogP) is 2.20. The lowest BCUT2D eigenvalue weighted by Crippen LogP contribution is -2.06. The highest BCUT2D eigenvalue weighted by Crippen LogP contribution is 2.15. The van der Waals surface area contributed by atoms with Gasteiger partial charge in [0.25, 0.3) is 0 Å². The maximum Gasteiger partial charge on any atom is 0.132 e. The zero-order valence-electron chi connectivity index (χ0n) is 10.1. The molecule has 0 aliphatic heterocycles. The molecule has 0 saturated carbocycles.